The molecule has 0 bridgehead atoms. The maximum Gasteiger partial charge on any atom is 0.225 e. The Hall–Kier alpha value is -1.36. The Morgan fingerprint density at radius 2 is 2.05 bits per heavy atom. The molecule has 2 heterocycles. The standard InChI is InChI=1S/C17H27N3O2/c1-3-20-12-15(11-18-20)13-5-7-19(8-6-13)17(21)14-9-16(10-14)22-4-2/h11-14,16H,3-10H2,1-2H3. The van der Waals surface area contributed by atoms with Gasteiger partial charge in [0.25, 0.3) is 0 Å². The second-order valence-corrected chi connectivity index (χ2v) is 6.47. The van der Waals surface area contributed by atoms with Crippen molar-refractivity contribution in [3.05, 3.63) is 18.0 Å². The van der Waals surface area contributed by atoms with Crippen LogP contribution in [0.15, 0.2) is 12.4 Å². The SMILES string of the molecule is CCOC1CC(C(=O)N2CCC(c3cnn(CC)c3)CC2)C1. The summed E-state index contributed by atoms with van der Waals surface area (Å²) in [6.45, 7) is 7.56. The molecule has 2 aliphatic rings. The first kappa shape index (κ1) is 15.5. The fourth-order valence-corrected chi connectivity index (χ4v) is 3.59. The van der Waals surface area contributed by atoms with E-state index in [1.54, 1.807) is 0 Å². The number of carbonyl (C=O) groups excluding carboxylic acids is 1. The lowest BCUT2D eigenvalue weighted by molar-refractivity contribution is -0.145. The number of hydrogen-bond donors (Lipinski definition) is 0. The number of aromatic nitrogens is 2. The first-order valence-corrected chi connectivity index (χ1v) is 8.64. The Labute approximate surface area is 132 Å². The van der Waals surface area contributed by atoms with Gasteiger partial charge in [-0.3, -0.25) is 9.48 Å². The van der Waals surface area contributed by atoms with Crippen LogP contribution in [0.2, 0.25) is 0 Å². The second-order valence-electron chi connectivity index (χ2n) is 6.47. The lowest BCUT2D eigenvalue weighted by Crippen LogP contribution is -2.47. The third-order valence-electron chi connectivity index (χ3n) is 5.10. The van der Waals surface area contributed by atoms with Crippen molar-refractivity contribution in [2.45, 2.75) is 58.1 Å². The van der Waals surface area contributed by atoms with Crippen molar-refractivity contribution in [3.63, 3.8) is 0 Å². The number of nitrogens with zero attached hydrogens (tertiary/aromatic N) is 3. The summed E-state index contributed by atoms with van der Waals surface area (Å²) >= 11 is 0. The highest BCUT2D eigenvalue weighted by Crippen LogP contribution is 2.34. The van der Waals surface area contributed by atoms with Crippen molar-refractivity contribution in [3.8, 4) is 0 Å². The Morgan fingerprint density at radius 1 is 1.32 bits per heavy atom. The average Bonchev–Trinajstić information content (AvgIpc) is 2.99. The molecule has 1 saturated carbocycles. The van der Waals surface area contributed by atoms with Gasteiger partial charge >= 0.3 is 0 Å². The molecule has 1 aromatic heterocycles. The molecule has 1 aliphatic heterocycles. The molecule has 0 aromatic carbocycles. The van der Waals surface area contributed by atoms with Gasteiger partial charge in [-0.15, -0.1) is 0 Å². The molecule has 22 heavy (non-hydrogen) atoms. The van der Waals surface area contributed by atoms with Gasteiger partial charge < -0.3 is 9.64 Å². The van der Waals surface area contributed by atoms with Crippen molar-refractivity contribution in [1.29, 1.82) is 0 Å². The summed E-state index contributed by atoms with van der Waals surface area (Å²) in [6, 6.07) is 0. The van der Waals surface area contributed by atoms with E-state index in [9.17, 15) is 4.79 Å². The van der Waals surface area contributed by atoms with Crippen LogP contribution in [0.4, 0.5) is 0 Å². The summed E-state index contributed by atoms with van der Waals surface area (Å²) < 4.78 is 7.53. The zero-order chi connectivity index (χ0) is 15.5. The minimum atomic E-state index is 0.205. The van der Waals surface area contributed by atoms with Crippen LogP contribution in [0, 0.1) is 5.92 Å². The van der Waals surface area contributed by atoms with Gasteiger partial charge in [-0.05, 0) is 51.0 Å². The van der Waals surface area contributed by atoms with Crippen molar-refractivity contribution >= 4 is 5.91 Å². The first-order valence-electron chi connectivity index (χ1n) is 8.64. The highest BCUT2D eigenvalue weighted by atomic mass is 16.5. The van der Waals surface area contributed by atoms with E-state index < -0.39 is 0 Å². The number of piperidine rings is 1. The van der Waals surface area contributed by atoms with Gasteiger partial charge in [0.15, 0.2) is 0 Å². The molecule has 0 unspecified atom stereocenters. The number of carbonyl (C=O) groups is 1. The van der Waals surface area contributed by atoms with E-state index >= 15 is 0 Å². The predicted molar refractivity (Wildman–Crippen MR) is 84.6 cm³/mol. The lowest BCUT2D eigenvalue weighted by Gasteiger charge is -2.39. The number of likely N-dealkylation sites (tertiary alicyclic amines) is 1. The maximum atomic E-state index is 12.5. The third kappa shape index (κ3) is 3.19. The predicted octanol–water partition coefficient (Wildman–Crippen LogP) is 2.42. The summed E-state index contributed by atoms with van der Waals surface area (Å²) in [4.78, 5) is 14.5. The van der Waals surface area contributed by atoms with E-state index in [4.69, 9.17) is 4.74 Å². The van der Waals surface area contributed by atoms with E-state index in [0.29, 0.717) is 17.9 Å². The van der Waals surface area contributed by atoms with Gasteiger partial charge in [0.1, 0.15) is 0 Å². The zero-order valence-electron chi connectivity index (χ0n) is 13.7. The molecule has 3 rings (SSSR count). The number of ether oxygens (including phenoxy) is 1. The minimum absolute atomic E-state index is 0.205. The van der Waals surface area contributed by atoms with Crippen molar-refractivity contribution in [2.75, 3.05) is 19.7 Å². The molecule has 0 radical (unpaired) electrons. The lowest BCUT2D eigenvalue weighted by atomic mass is 9.80. The Balaban J connectivity index is 1.46. The van der Waals surface area contributed by atoms with Gasteiger partial charge in [-0.1, -0.05) is 0 Å². The van der Waals surface area contributed by atoms with Crippen LogP contribution >= 0.6 is 0 Å². The molecule has 1 aliphatic carbocycles. The first-order chi connectivity index (χ1) is 10.7. The largest absolute Gasteiger partial charge is 0.378 e. The second kappa shape index (κ2) is 6.82. The van der Waals surface area contributed by atoms with Crippen molar-refractivity contribution in [1.82, 2.24) is 14.7 Å². The molecule has 0 N–H and O–H groups in total. The number of amides is 1. The van der Waals surface area contributed by atoms with Crippen LogP contribution in [-0.2, 0) is 16.1 Å². The Kier molecular flexibility index (Phi) is 4.81. The number of hydrogen-bond acceptors (Lipinski definition) is 3. The van der Waals surface area contributed by atoms with Crippen LogP contribution in [0.25, 0.3) is 0 Å². The fourth-order valence-electron chi connectivity index (χ4n) is 3.59. The summed E-state index contributed by atoms with van der Waals surface area (Å²) in [5.41, 5.74) is 1.33. The third-order valence-corrected chi connectivity index (χ3v) is 5.10. The molecular formula is C17H27N3O2. The van der Waals surface area contributed by atoms with E-state index in [0.717, 1.165) is 51.9 Å². The molecule has 2 fully saturated rings. The van der Waals surface area contributed by atoms with E-state index in [1.807, 2.05) is 17.8 Å². The van der Waals surface area contributed by atoms with Gasteiger partial charge in [0.05, 0.1) is 12.3 Å². The summed E-state index contributed by atoms with van der Waals surface area (Å²) in [7, 11) is 0. The van der Waals surface area contributed by atoms with Gasteiger partial charge in [-0.2, -0.15) is 5.10 Å². The quantitative estimate of drug-likeness (QED) is 0.839. The number of rotatable bonds is 5. The van der Waals surface area contributed by atoms with Crippen LogP contribution in [-0.4, -0.2) is 46.4 Å². The highest BCUT2D eigenvalue weighted by molar-refractivity contribution is 5.80. The van der Waals surface area contributed by atoms with Gasteiger partial charge in [0, 0.05) is 38.4 Å². The Morgan fingerprint density at radius 3 is 2.64 bits per heavy atom. The monoisotopic (exact) mass is 305 g/mol. The smallest absolute Gasteiger partial charge is 0.225 e. The summed E-state index contributed by atoms with van der Waals surface area (Å²) in [5, 5.41) is 4.36. The molecular weight excluding hydrogens is 278 g/mol. The molecule has 5 nitrogen and oxygen atoms in total. The normalized spacial score (nSPS) is 26.0. The molecule has 0 atom stereocenters. The van der Waals surface area contributed by atoms with E-state index in [1.165, 1.54) is 5.56 Å². The average molecular weight is 305 g/mol. The molecule has 5 heteroatoms. The zero-order valence-corrected chi connectivity index (χ0v) is 13.7. The van der Waals surface area contributed by atoms with E-state index in [2.05, 4.69) is 23.1 Å². The summed E-state index contributed by atoms with van der Waals surface area (Å²) in [6.07, 6.45) is 8.40. The highest BCUT2D eigenvalue weighted by Gasteiger charge is 2.38. The van der Waals surface area contributed by atoms with Gasteiger partial charge in [0.2, 0.25) is 5.91 Å². The fraction of sp³-hybridized carbons (Fsp3) is 0.765. The van der Waals surface area contributed by atoms with Crippen LogP contribution < -0.4 is 0 Å². The molecule has 1 amide bonds. The maximum absolute atomic E-state index is 12.5. The molecule has 1 saturated heterocycles. The Bertz CT molecular complexity index is 500. The topological polar surface area (TPSA) is 47.4 Å². The molecule has 122 valence electrons. The minimum Gasteiger partial charge on any atom is -0.378 e. The number of aryl methyl sites for hydroxylation is 1. The van der Waals surface area contributed by atoms with Crippen LogP contribution in [0.1, 0.15) is 51.0 Å². The van der Waals surface area contributed by atoms with Crippen molar-refractivity contribution in [2.24, 2.45) is 5.92 Å². The van der Waals surface area contributed by atoms with E-state index in [-0.39, 0.29) is 5.92 Å². The summed E-state index contributed by atoms with van der Waals surface area (Å²) in [5.74, 6) is 1.11. The molecule has 0 spiro atoms. The van der Waals surface area contributed by atoms with Gasteiger partial charge in [-0.25, -0.2) is 0 Å². The van der Waals surface area contributed by atoms with Crippen molar-refractivity contribution < 1.29 is 9.53 Å². The molecule has 1 aromatic rings. The van der Waals surface area contributed by atoms with Crippen LogP contribution in [0.5, 0.6) is 0 Å². The van der Waals surface area contributed by atoms with Crippen LogP contribution in [0.3, 0.4) is 0 Å².